The minimum Gasteiger partial charge on any atom is -0.478 e. The largest absolute Gasteiger partial charge is 0.478 e. The Hall–Kier alpha value is -2.38. The van der Waals surface area contributed by atoms with E-state index in [0.29, 0.717) is 24.5 Å². The van der Waals surface area contributed by atoms with Gasteiger partial charge in [0.2, 0.25) is 0 Å². The molecule has 0 aliphatic carbocycles. The molecule has 7 heteroatoms. The zero-order valence-corrected chi connectivity index (χ0v) is 13.2. The third-order valence-electron chi connectivity index (χ3n) is 3.71. The smallest absolute Gasteiger partial charge is 0.335 e. The minimum absolute atomic E-state index is 0.141. The fourth-order valence-corrected chi connectivity index (χ4v) is 3.60. The van der Waals surface area contributed by atoms with E-state index in [1.165, 1.54) is 24.3 Å². The number of hydrogen-bond donors (Lipinski definition) is 2. The van der Waals surface area contributed by atoms with E-state index in [2.05, 4.69) is 4.72 Å². The third-order valence-corrected chi connectivity index (χ3v) is 5.09. The van der Waals surface area contributed by atoms with Crippen molar-refractivity contribution in [3.05, 3.63) is 58.7 Å². The number of carbonyl (C=O) groups is 1. The van der Waals surface area contributed by atoms with Crippen LogP contribution in [-0.4, -0.2) is 19.5 Å². The molecule has 1 aliphatic heterocycles. The number of rotatable bonds is 4. The van der Waals surface area contributed by atoms with Crippen LogP contribution >= 0.6 is 0 Å². The molecule has 6 nitrogen and oxygen atoms in total. The van der Waals surface area contributed by atoms with Crippen LogP contribution in [0.2, 0.25) is 0 Å². The number of aromatic carboxylic acids is 1. The van der Waals surface area contributed by atoms with Crippen LogP contribution in [0.1, 0.15) is 27.0 Å². The monoisotopic (exact) mass is 333 g/mol. The summed E-state index contributed by atoms with van der Waals surface area (Å²) in [4.78, 5) is 11.2. The van der Waals surface area contributed by atoms with Crippen molar-refractivity contribution in [2.45, 2.75) is 25.0 Å². The first-order valence-corrected chi connectivity index (χ1v) is 8.41. The summed E-state index contributed by atoms with van der Waals surface area (Å²) in [6.07, 6.45) is 0. The van der Waals surface area contributed by atoms with Gasteiger partial charge in [-0.2, -0.15) is 0 Å². The zero-order valence-electron chi connectivity index (χ0n) is 12.4. The molecule has 0 radical (unpaired) electrons. The molecule has 23 heavy (non-hydrogen) atoms. The molecule has 2 N–H and O–H groups in total. The van der Waals surface area contributed by atoms with Gasteiger partial charge in [-0.1, -0.05) is 6.07 Å². The van der Waals surface area contributed by atoms with Crippen molar-refractivity contribution >= 4 is 21.7 Å². The van der Waals surface area contributed by atoms with E-state index < -0.39 is 16.0 Å². The summed E-state index contributed by atoms with van der Waals surface area (Å²) in [6.45, 7) is 2.53. The molecule has 0 bridgehead atoms. The molecule has 0 fully saturated rings. The molecular formula is C16H15NO5S. The molecule has 0 saturated carbocycles. The van der Waals surface area contributed by atoms with Crippen LogP contribution in [0, 0.1) is 6.92 Å². The molecule has 0 amide bonds. The Morgan fingerprint density at radius 1 is 1.13 bits per heavy atom. The third kappa shape index (κ3) is 3.06. The van der Waals surface area contributed by atoms with Gasteiger partial charge in [-0.05, 0) is 53.9 Å². The molecule has 0 saturated heterocycles. The molecular weight excluding hydrogens is 318 g/mol. The molecule has 3 rings (SSSR count). The van der Waals surface area contributed by atoms with Crippen LogP contribution < -0.4 is 4.72 Å². The summed E-state index contributed by atoms with van der Waals surface area (Å²) >= 11 is 0. The van der Waals surface area contributed by atoms with Gasteiger partial charge in [0.1, 0.15) is 0 Å². The number of anilines is 1. The zero-order chi connectivity index (χ0) is 16.6. The number of ether oxygens (including phenoxy) is 1. The molecule has 120 valence electrons. The second kappa shape index (κ2) is 5.68. The van der Waals surface area contributed by atoms with E-state index in [-0.39, 0.29) is 10.5 Å². The highest BCUT2D eigenvalue weighted by molar-refractivity contribution is 7.92. The van der Waals surface area contributed by atoms with Crippen LogP contribution in [0.15, 0.2) is 41.3 Å². The van der Waals surface area contributed by atoms with Gasteiger partial charge in [0, 0.05) is 5.69 Å². The number of fused-ring (bicyclic) bond motifs is 1. The van der Waals surface area contributed by atoms with E-state index in [0.717, 1.165) is 11.1 Å². The lowest BCUT2D eigenvalue weighted by molar-refractivity contribution is 0.0696. The first kappa shape index (κ1) is 15.5. The highest BCUT2D eigenvalue weighted by Gasteiger charge is 2.19. The number of sulfonamides is 1. The number of benzene rings is 2. The summed E-state index contributed by atoms with van der Waals surface area (Å²) in [7, 11) is -3.74. The Morgan fingerprint density at radius 2 is 1.87 bits per heavy atom. The predicted octanol–water partition coefficient (Wildman–Crippen LogP) is 2.52. The summed E-state index contributed by atoms with van der Waals surface area (Å²) < 4.78 is 32.7. The van der Waals surface area contributed by atoms with E-state index in [4.69, 9.17) is 9.84 Å². The maximum Gasteiger partial charge on any atom is 0.335 e. The van der Waals surface area contributed by atoms with Crippen LogP contribution in [0.25, 0.3) is 0 Å². The SMILES string of the molecule is Cc1cc(NS(=O)(=O)c2ccc3c(c2)COC3)ccc1C(=O)O. The van der Waals surface area contributed by atoms with Gasteiger partial charge in [-0.15, -0.1) is 0 Å². The lowest BCUT2D eigenvalue weighted by Crippen LogP contribution is -2.14. The van der Waals surface area contributed by atoms with Crippen molar-refractivity contribution in [3.8, 4) is 0 Å². The van der Waals surface area contributed by atoms with Gasteiger partial charge in [-0.25, -0.2) is 13.2 Å². The van der Waals surface area contributed by atoms with Crippen LogP contribution in [0.3, 0.4) is 0 Å². The summed E-state index contributed by atoms with van der Waals surface area (Å²) in [5.41, 5.74) is 2.81. The fraction of sp³-hybridized carbons (Fsp3) is 0.188. The quantitative estimate of drug-likeness (QED) is 0.897. The Balaban J connectivity index is 1.89. The maximum absolute atomic E-state index is 12.5. The second-order valence-corrected chi connectivity index (χ2v) is 7.05. The summed E-state index contributed by atoms with van der Waals surface area (Å²) in [5, 5.41) is 9.01. The van der Waals surface area contributed by atoms with Gasteiger partial charge in [0.05, 0.1) is 23.7 Å². The standard InChI is InChI=1S/C16H15NO5S/c1-10-6-13(3-5-15(10)16(18)19)17-23(20,21)14-4-2-11-8-22-9-12(11)7-14/h2-7,17H,8-9H2,1H3,(H,18,19). The molecule has 1 heterocycles. The minimum atomic E-state index is -3.74. The molecule has 2 aromatic rings. The maximum atomic E-state index is 12.5. The average molecular weight is 333 g/mol. The number of carboxylic acids is 1. The van der Waals surface area contributed by atoms with Crippen molar-refractivity contribution in [3.63, 3.8) is 0 Å². The van der Waals surface area contributed by atoms with Crippen molar-refractivity contribution in [1.82, 2.24) is 0 Å². The Kier molecular flexibility index (Phi) is 3.83. The Labute approximate surface area is 133 Å². The van der Waals surface area contributed by atoms with Crippen molar-refractivity contribution in [2.75, 3.05) is 4.72 Å². The van der Waals surface area contributed by atoms with Gasteiger partial charge >= 0.3 is 5.97 Å². The first-order chi connectivity index (χ1) is 10.9. The van der Waals surface area contributed by atoms with Crippen LogP contribution in [0.5, 0.6) is 0 Å². The number of carboxylic acid groups (broad SMARTS) is 1. The lowest BCUT2D eigenvalue weighted by atomic mass is 10.1. The first-order valence-electron chi connectivity index (χ1n) is 6.93. The van der Waals surface area contributed by atoms with Gasteiger partial charge in [0.15, 0.2) is 0 Å². The normalized spacial score (nSPS) is 13.6. The molecule has 0 aromatic heterocycles. The van der Waals surface area contributed by atoms with Crippen LogP contribution in [0.4, 0.5) is 5.69 Å². The van der Waals surface area contributed by atoms with Crippen molar-refractivity contribution in [1.29, 1.82) is 0 Å². The molecule has 0 unspecified atom stereocenters. The number of hydrogen-bond acceptors (Lipinski definition) is 4. The lowest BCUT2D eigenvalue weighted by Gasteiger charge is -2.10. The summed E-state index contributed by atoms with van der Waals surface area (Å²) in [6, 6.07) is 9.20. The second-order valence-electron chi connectivity index (χ2n) is 5.36. The highest BCUT2D eigenvalue weighted by atomic mass is 32.2. The van der Waals surface area contributed by atoms with Crippen molar-refractivity contribution < 1.29 is 23.1 Å². The number of aryl methyl sites for hydroxylation is 1. The van der Waals surface area contributed by atoms with Gasteiger partial charge in [0.25, 0.3) is 10.0 Å². The van der Waals surface area contributed by atoms with E-state index in [1.54, 1.807) is 19.1 Å². The molecule has 2 aromatic carbocycles. The van der Waals surface area contributed by atoms with Crippen molar-refractivity contribution in [2.24, 2.45) is 0 Å². The molecule has 0 spiro atoms. The highest BCUT2D eigenvalue weighted by Crippen LogP contribution is 2.25. The average Bonchev–Trinajstić information content (AvgIpc) is 2.93. The predicted molar refractivity (Wildman–Crippen MR) is 83.9 cm³/mol. The van der Waals surface area contributed by atoms with Gasteiger partial charge in [-0.3, -0.25) is 4.72 Å². The van der Waals surface area contributed by atoms with Gasteiger partial charge < -0.3 is 9.84 Å². The topological polar surface area (TPSA) is 92.7 Å². The molecule has 1 aliphatic rings. The Bertz CT molecular complexity index is 889. The van der Waals surface area contributed by atoms with E-state index in [1.807, 2.05) is 0 Å². The Morgan fingerprint density at radius 3 is 2.57 bits per heavy atom. The fourth-order valence-electron chi connectivity index (χ4n) is 2.50. The molecule has 0 atom stereocenters. The summed E-state index contributed by atoms with van der Waals surface area (Å²) in [5.74, 6) is -1.05. The number of nitrogens with one attached hydrogen (secondary N) is 1. The van der Waals surface area contributed by atoms with E-state index in [9.17, 15) is 13.2 Å². The van der Waals surface area contributed by atoms with Crippen LogP contribution in [-0.2, 0) is 28.0 Å². The van der Waals surface area contributed by atoms with E-state index >= 15 is 0 Å².